The van der Waals surface area contributed by atoms with Gasteiger partial charge in [0.2, 0.25) is 5.91 Å². The quantitative estimate of drug-likeness (QED) is 0.639. The van der Waals surface area contributed by atoms with E-state index in [9.17, 15) is 9.59 Å². The summed E-state index contributed by atoms with van der Waals surface area (Å²) in [7, 11) is 1.50. The number of aryl methyl sites for hydroxylation is 1. The Labute approximate surface area is 93.2 Å². The fraction of sp³-hybridized carbons (Fsp3) is 0.300. The molecule has 1 rings (SSSR count). The third-order valence-corrected chi connectivity index (χ3v) is 2.01. The summed E-state index contributed by atoms with van der Waals surface area (Å²) < 4.78 is 0. The molecular weight excluding hydrogens is 208 g/mol. The maximum absolute atomic E-state index is 11.6. The van der Waals surface area contributed by atoms with Gasteiger partial charge >= 0.3 is 0 Å². The van der Waals surface area contributed by atoms with Crippen LogP contribution in [0.1, 0.15) is 16.1 Å². The van der Waals surface area contributed by atoms with Crippen molar-refractivity contribution in [1.82, 2.24) is 15.6 Å². The number of nitrogen functional groups attached to an aromatic ring is 1. The first-order valence-corrected chi connectivity index (χ1v) is 4.75. The first kappa shape index (κ1) is 12.0. The van der Waals surface area contributed by atoms with Gasteiger partial charge in [-0.3, -0.25) is 14.6 Å². The van der Waals surface area contributed by atoms with E-state index in [0.29, 0.717) is 5.69 Å². The monoisotopic (exact) mass is 222 g/mol. The Hall–Kier alpha value is -2.11. The van der Waals surface area contributed by atoms with Gasteiger partial charge in [-0.1, -0.05) is 0 Å². The minimum atomic E-state index is -0.409. The average Bonchev–Trinajstić information content (AvgIpc) is 2.25. The van der Waals surface area contributed by atoms with Crippen molar-refractivity contribution < 1.29 is 9.59 Å². The summed E-state index contributed by atoms with van der Waals surface area (Å²) in [6.45, 7) is 1.70. The first-order valence-electron chi connectivity index (χ1n) is 4.75. The molecule has 1 aromatic heterocycles. The number of rotatable bonds is 3. The number of likely N-dealkylation sites (N-methyl/N-ethyl adjacent to an activating group) is 1. The number of hydrogen-bond acceptors (Lipinski definition) is 4. The molecule has 0 saturated heterocycles. The van der Waals surface area contributed by atoms with Crippen LogP contribution in [0.3, 0.4) is 0 Å². The molecule has 2 amide bonds. The molecule has 0 fully saturated rings. The predicted octanol–water partition coefficient (Wildman–Crippen LogP) is -0.552. The number of anilines is 1. The lowest BCUT2D eigenvalue weighted by Crippen LogP contribution is -2.35. The van der Waals surface area contributed by atoms with E-state index in [0.717, 1.165) is 5.69 Å². The molecule has 0 unspecified atom stereocenters. The van der Waals surface area contributed by atoms with Gasteiger partial charge in [-0.25, -0.2) is 0 Å². The molecule has 6 heteroatoms. The van der Waals surface area contributed by atoms with Gasteiger partial charge in [0.15, 0.2) is 0 Å². The van der Waals surface area contributed by atoms with Crippen LogP contribution in [0.25, 0.3) is 0 Å². The van der Waals surface area contributed by atoms with Crippen LogP contribution in [0.5, 0.6) is 0 Å². The third kappa shape index (κ3) is 2.94. The van der Waals surface area contributed by atoms with Crippen LogP contribution in [0.4, 0.5) is 5.69 Å². The van der Waals surface area contributed by atoms with E-state index in [1.54, 1.807) is 13.0 Å². The molecule has 0 atom stereocenters. The molecule has 16 heavy (non-hydrogen) atoms. The molecule has 0 aromatic carbocycles. The summed E-state index contributed by atoms with van der Waals surface area (Å²) in [6, 6.07) is 1.61. The zero-order valence-electron chi connectivity index (χ0n) is 9.20. The summed E-state index contributed by atoms with van der Waals surface area (Å²) in [5, 5.41) is 4.83. The number of pyridine rings is 1. The van der Waals surface area contributed by atoms with Crippen molar-refractivity contribution >= 4 is 17.5 Å². The summed E-state index contributed by atoms with van der Waals surface area (Å²) >= 11 is 0. The standard InChI is InChI=1S/C10H14N4O2/c1-6-3-8(11)7(4-13-6)10(16)14-5-9(15)12-2/h3-4H,5H2,1-2H3,(H2,11,13)(H,12,15)(H,14,16). The molecule has 0 bridgehead atoms. The van der Waals surface area contributed by atoms with Crippen molar-refractivity contribution in [3.8, 4) is 0 Å². The van der Waals surface area contributed by atoms with E-state index in [2.05, 4.69) is 15.6 Å². The maximum atomic E-state index is 11.6. The second kappa shape index (κ2) is 5.11. The minimum absolute atomic E-state index is 0.0807. The first-order chi connectivity index (χ1) is 7.54. The Morgan fingerprint density at radius 2 is 2.19 bits per heavy atom. The van der Waals surface area contributed by atoms with E-state index < -0.39 is 5.91 Å². The van der Waals surface area contributed by atoms with Gasteiger partial charge in [-0.05, 0) is 13.0 Å². The number of amides is 2. The molecule has 0 aliphatic heterocycles. The van der Waals surface area contributed by atoms with Crippen LogP contribution in [0, 0.1) is 6.92 Å². The molecule has 0 radical (unpaired) electrons. The lowest BCUT2D eigenvalue weighted by atomic mass is 10.2. The molecule has 0 aliphatic rings. The van der Waals surface area contributed by atoms with Crippen LogP contribution >= 0.6 is 0 Å². The maximum Gasteiger partial charge on any atom is 0.255 e. The highest BCUT2D eigenvalue weighted by Crippen LogP contribution is 2.10. The fourth-order valence-electron chi connectivity index (χ4n) is 1.11. The SMILES string of the molecule is CNC(=O)CNC(=O)c1cnc(C)cc1N. The molecule has 0 saturated carbocycles. The van der Waals surface area contributed by atoms with E-state index >= 15 is 0 Å². The van der Waals surface area contributed by atoms with Gasteiger partial charge in [0.1, 0.15) is 0 Å². The number of hydrogen-bond donors (Lipinski definition) is 3. The van der Waals surface area contributed by atoms with Crippen molar-refractivity contribution in [2.75, 3.05) is 19.3 Å². The lowest BCUT2D eigenvalue weighted by molar-refractivity contribution is -0.119. The average molecular weight is 222 g/mol. The number of carbonyl (C=O) groups is 2. The fourth-order valence-corrected chi connectivity index (χ4v) is 1.11. The van der Waals surface area contributed by atoms with Gasteiger partial charge in [0.05, 0.1) is 12.1 Å². The zero-order valence-corrected chi connectivity index (χ0v) is 9.20. The Balaban J connectivity index is 2.70. The molecule has 86 valence electrons. The van der Waals surface area contributed by atoms with E-state index in [4.69, 9.17) is 5.73 Å². The number of nitrogens with two attached hydrogens (primary N) is 1. The Morgan fingerprint density at radius 3 is 2.75 bits per heavy atom. The minimum Gasteiger partial charge on any atom is -0.398 e. The normalized spacial score (nSPS) is 9.62. The summed E-state index contributed by atoms with van der Waals surface area (Å²) in [4.78, 5) is 26.5. The van der Waals surface area contributed by atoms with Crippen LogP contribution in [-0.4, -0.2) is 30.4 Å². The summed E-state index contributed by atoms with van der Waals surface area (Å²) in [5.41, 5.74) is 7.02. The van der Waals surface area contributed by atoms with Crippen LogP contribution in [0.15, 0.2) is 12.3 Å². The second-order valence-corrected chi connectivity index (χ2v) is 3.27. The zero-order chi connectivity index (χ0) is 12.1. The Bertz CT molecular complexity index is 417. The number of nitrogens with zero attached hydrogens (tertiary/aromatic N) is 1. The topological polar surface area (TPSA) is 97.1 Å². The molecule has 0 spiro atoms. The van der Waals surface area contributed by atoms with E-state index in [1.807, 2.05) is 0 Å². The predicted molar refractivity (Wildman–Crippen MR) is 59.8 cm³/mol. The van der Waals surface area contributed by atoms with Crippen molar-refractivity contribution in [3.63, 3.8) is 0 Å². The molecular formula is C10H14N4O2. The van der Waals surface area contributed by atoms with Crippen LogP contribution in [0.2, 0.25) is 0 Å². The van der Waals surface area contributed by atoms with E-state index in [1.165, 1.54) is 13.2 Å². The van der Waals surface area contributed by atoms with Gasteiger partial charge in [0.25, 0.3) is 5.91 Å². The highest BCUT2D eigenvalue weighted by molar-refractivity contribution is 6.00. The van der Waals surface area contributed by atoms with Gasteiger partial charge < -0.3 is 16.4 Å². The number of aromatic nitrogens is 1. The molecule has 0 aliphatic carbocycles. The summed E-state index contributed by atoms with van der Waals surface area (Å²) in [6.07, 6.45) is 1.39. The Kier molecular flexibility index (Phi) is 3.82. The van der Waals surface area contributed by atoms with Crippen molar-refractivity contribution in [1.29, 1.82) is 0 Å². The second-order valence-electron chi connectivity index (χ2n) is 3.27. The number of carbonyl (C=O) groups excluding carboxylic acids is 2. The highest BCUT2D eigenvalue weighted by atomic mass is 16.2. The smallest absolute Gasteiger partial charge is 0.255 e. The largest absolute Gasteiger partial charge is 0.398 e. The lowest BCUT2D eigenvalue weighted by Gasteiger charge is -2.06. The highest BCUT2D eigenvalue weighted by Gasteiger charge is 2.10. The van der Waals surface area contributed by atoms with Crippen molar-refractivity contribution in [2.24, 2.45) is 0 Å². The molecule has 6 nitrogen and oxygen atoms in total. The van der Waals surface area contributed by atoms with Gasteiger partial charge in [0, 0.05) is 24.6 Å². The molecule has 4 N–H and O–H groups in total. The third-order valence-electron chi connectivity index (χ3n) is 2.01. The van der Waals surface area contributed by atoms with Crippen molar-refractivity contribution in [2.45, 2.75) is 6.92 Å². The van der Waals surface area contributed by atoms with Crippen LogP contribution < -0.4 is 16.4 Å². The summed E-state index contributed by atoms with van der Waals surface area (Å²) in [5.74, 6) is -0.680. The Morgan fingerprint density at radius 1 is 1.50 bits per heavy atom. The molecule has 1 aromatic rings. The van der Waals surface area contributed by atoms with Gasteiger partial charge in [-0.15, -0.1) is 0 Å². The van der Waals surface area contributed by atoms with E-state index in [-0.39, 0.29) is 18.0 Å². The van der Waals surface area contributed by atoms with Crippen molar-refractivity contribution in [3.05, 3.63) is 23.5 Å². The van der Waals surface area contributed by atoms with Crippen LogP contribution in [-0.2, 0) is 4.79 Å². The van der Waals surface area contributed by atoms with Gasteiger partial charge in [-0.2, -0.15) is 0 Å². The molecule has 1 heterocycles. The number of nitrogens with one attached hydrogen (secondary N) is 2.